The predicted octanol–water partition coefficient (Wildman–Crippen LogP) is 1.76. The van der Waals surface area contributed by atoms with Crippen molar-refractivity contribution in [3.8, 4) is 0 Å². The number of carbonyl (C=O) groups is 1. The second-order valence-corrected chi connectivity index (χ2v) is 3.03. The van der Waals surface area contributed by atoms with E-state index >= 15 is 0 Å². The third kappa shape index (κ3) is 2.93. The van der Waals surface area contributed by atoms with Crippen molar-refractivity contribution in [2.24, 2.45) is 5.73 Å². The van der Waals surface area contributed by atoms with Crippen LogP contribution in [0.5, 0.6) is 0 Å². The first-order valence-corrected chi connectivity index (χ1v) is 4.09. The molecule has 0 radical (unpaired) electrons. The van der Waals surface area contributed by atoms with Crippen LogP contribution in [0.4, 0.5) is 0 Å². The maximum atomic E-state index is 10.4. The summed E-state index contributed by atoms with van der Waals surface area (Å²) in [6, 6.07) is 7.42. The van der Waals surface area contributed by atoms with Gasteiger partial charge in [0.25, 0.3) is 0 Å². The highest BCUT2D eigenvalue weighted by Gasteiger charge is 1.97. The number of benzene rings is 1. The van der Waals surface area contributed by atoms with Gasteiger partial charge >= 0.3 is 0 Å². The topological polar surface area (TPSA) is 43.1 Å². The zero-order chi connectivity index (χ0) is 8.97. The molecule has 0 fully saturated rings. The van der Waals surface area contributed by atoms with Crippen molar-refractivity contribution in [1.29, 1.82) is 0 Å². The van der Waals surface area contributed by atoms with Crippen LogP contribution in [0.15, 0.2) is 24.3 Å². The molecule has 0 unspecified atom stereocenters. The molecule has 0 atom stereocenters. The quantitative estimate of drug-likeness (QED) is 0.763. The Morgan fingerprint density at radius 2 is 2.25 bits per heavy atom. The fraction of sp³-hybridized carbons (Fsp3) is 0.222. The number of rotatable bonds is 3. The number of hydrogen-bond donors (Lipinski definition) is 1. The van der Waals surface area contributed by atoms with Crippen LogP contribution < -0.4 is 5.73 Å². The van der Waals surface area contributed by atoms with E-state index in [0.29, 0.717) is 17.9 Å². The number of hydrogen-bond acceptors (Lipinski definition) is 1. The van der Waals surface area contributed by atoms with Crippen LogP contribution in [-0.2, 0) is 11.2 Å². The summed E-state index contributed by atoms with van der Waals surface area (Å²) in [5.74, 6) is -0.282. The van der Waals surface area contributed by atoms with Gasteiger partial charge in [-0.05, 0) is 24.1 Å². The van der Waals surface area contributed by atoms with E-state index < -0.39 is 0 Å². The Balaban J connectivity index is 2.57. The molecule has 12 heavy (non-hydrogen) atoms. The largest absolute Gasteiger partial charge is 0.370 e. The highest BCUT2D eigenvalue weighted by Crippen LogP contribution is 2.11. The Morgan fingerprint density at radius 1 is 1.50 bits per heavy atom. The van der Waals surface area contributed by atoms with E-state index in [1.807, 2.05) is 18.2 Å². The van der Waals surface area contributed by atoms with Gasteiger partial charge in [-0.25, -0.2) is 0 Å². The van der Waals surface area contributed by atoms with Gasteiger partial charge in [-0.2, -0.15) is 0 Å². The lowest BCUT2D eigenvalue weighted by molar-refractivity contribution is -0.117. The summed E-state index contributed by atoms with van der Waals surface area (Å²) in [6.07, 6.45) is 1.04. The first kappa shape index (κ1) is 9.07. The van der Waals surface area contributed by atoms with Gasteiger partial charge in [-0.3, -0.25) is 4.79 Å². The molecule has 1 rings (SSSR count). The molecule has 3 heteroatoms. The molecular formula is C9H10ClNO. The molecule has 1 aromatic rings. The fourth-order valence-electron chi connectivity index (χ4n) is 0.960. The minimum absolute atomic E-state index is 0.282. The molecule has 0 saturated carbocycles. The van der Waals surface area contributed by atoms with Crippen molar-refractivity contribution in [1.82, 2.24) is 0 Å². The molecule has 1 aromatic carbocycles. The van der Waals surface area contributed by atoms with Crippen molar-refractivity contribution < 1.29 is 4.79 Å². The maximum Gasteiger partial charge on any atom is 0.217 e. The van der Waals surface area contributed by atoms with Crippen LogP contribution in [0.25, 0.3) is 0 Å². The summed E-state index contributed by atoms with van der Waals surface area (Å²) in [6.45, 7) is 0. The molecule has 0 aliphatic rings. The average Bonchev–Trinajstić information content (AvgIpc) is 2.01. The lowest BCUT2D eigenvalue weighted by Gasteiger charge is -1.98. The van der Waals surface area contributed by atoms with E-state index in [0.717, 1.165) is 5.56 Å². The van der Waals surface area contributed by atoms with E-state index in [4.69, 9.17) is 17.3 Å². The molecule has 0 saturated heterocycles. The summed E-state index contributed by atoms with van der Waals surface area (Å²) in [4.78, 5) is 10.4. The molecular weight excluding hydrogens is 174 g/mol. The molecule has 2 nitrogen and oxygen atoms in total. The molecule has 0 aliphatic carbocycles. The van der Waals surface area contributed by atoms with Gasteiger partial charge in [0.2, 0.25) is 5.91 Å². The molecule has 0 spiro atoms. The van der Waals surface area contributed by atoms with E-state index in [1.54, 1.807) is 6.07 Å². The number of primary amides is 1. The second-order valence-electron chi connectivity index (χ2n) is 2.60. The Labute approximate surface area is 76.3 Å². The molecule has 1 amide bonds. The molecule has 2 N–H and O–H groups in total. The average molecular weight is 184 g/mol. The molecule has 64 valence electrons. The minimum atomic E-state index is -0.282. The SMILES string of the molecule is NC(=O)CCc1cccc(Cl)c1. The van der Waals surface area contributed by atoms with Gasteiger partial charge in [0, 0.05) is 11.4 Å². The van der Waals surface area contributed by atoms with Crippen molar-refractivity contribution in [2.45, 2.75) is 12.8 Å². The van der Waals surface area contributed by atoms with E-state index in [1.165, 1.54) is 0 Å². The summed E-state index contributed by atoms with van der Waals surface area (Å²) < 4.78 is 0. The highest BCUT2D eigenvalue weighted by molar-refractivity contribution is 6.30. The second kappa shape index (κ2) is 4.12. The predicted molar refractivity (Wildman–Crippen MR) is 49.0 cm³/mol. The zero-order valence-corrected chi connectivity index (χ0v) is 7.34. The Hall–Kier alpha value is -1.02. The third-order valence-electron chi connectivity index (χ3n) is 1.55. The van der Waals surface area contributed by atoms with Gasteiger partial charge in [-0.1, -0.05) is 23.7 Å². The van der Waals surface area contributed by atoms with E-state index in [-0.39, 0.29) is 5.91 Å². The standard InChI is InChI=1S/C9H10ClNO/c10-8-3-1-2-7(6-8)4-5-9(11)12/h1-3,6H,4-5H2,(H2,11,12). The lowest BCUT2D eigenvalue weighted by atomic mass is 10.1. The number of amides is 1. The van der Waals surface area contributed by atoms with Gasteiger partial charge in [-0.15, -0.1) is 0 Å². The van der Waals surface area contributed by atoms with Gasteiger partial charge in [0.05, 0.1) is 0 Å². The molecule has 0 bridgehead atoms. The summed E-state index contributed by atoms with van der Waals surface area (Å²) in [7, 11) is 0. The first-order valence-electron chi connectivity index (χ1n) is 3.71. The minimum Gasteiger partial charge on any atom is -0.370 e. The van der Waals surface area contributed by atoms with Crippen LogP contribution in [-0.4, -0.2) is 5.91 Å². The zero-order valence-electron chi connectivity index (χ0n) is 6.59. The third-order valence-corrected chi connectivity index (χ3v) is 1.78. The number of nitrogens with two attached hydrogens (primary N) is 1. The van der Waals surface area contributed by atoms with Crippen LogP contribution in [0, 0.1) is 0 Å². The monoisotopic (exact) mass is 183 g/mol. The summed E-state index contributed by atoms with van der Waals surface area (Å²) in [5, 5.41) is 0.692. The normalized spacial score (nSPS) is 9.75. The Morgan fingerprint density at radius 3 is 2.83 bits per heavy atom. The lowest BCUT2D eigenvalue weighted by Crippen LogP contribution is -2.11. The first-order chi connectivity index (χ1) is 5.68. The van der Waals surface area contributed by atoms with Crippen LogP contribution in [0.2, 0.25) is 5.02 Å². The van der Waals surface area contributed by atoms with E-state index in [2.05, 4.69) is 0 Å². The molecule has 0 heterocycles. The smallest absolute Gasteiger partial charge is 0.217 e. The van der Waals surface area contributed by atoms with Crippen LogP contribution >= 0.6 is 11.6 Å². The summed E-state index contributed by atoms with van der Waals surface area (Å²) in [5.41, 5.74) is 6.05. The fourth-order valence-corrected chi connectivity index (χ4v) is 1.17. The number of carbonyl (C=O) groups excluding carboxylic acids is 1. The number of aryl methyl sites for hydroxylation is 1. The van der Waals surface area contributed by atoms with Crippen molar-refractivity contribution in [2.75, 3.05) is 0 Å². The van der Waals surface area contributed by atoms with Crippen molar-refractivity contribution >= 4 is 17.5 Å². The molecule has 0 aliphatic heterocycles. The van der Waals surface area contributed by atoms with Gasteiger partial charge in [0.1, 0.15) is 0 Å². The van der Waals surface area contributed by atoms with Crippen molar-refractivity contribution in [3.63, 3.8) is 0 Å². The van der Waals surface area contributed by atoms with E-state index in [9.17, 15) is 4.79 Å². The van der Waals surface area contributed by atoms with Crippen LogP contribution in [0.1, 0.15) is 12.0 Å². The van der Waals surface area contributed by atoms with Crippen LogP contribution in [0.3, 0.4) is 0 Å². The number of halogens is 1. The van der Waals surface area contributed by atoms with Gasteiger partial charge in [0.15, 0.2) is 0 Å². The Kier molecular flexibility index (Phi) is 3.11. The van der Waals surface area contributed by atoms with Gasteiger partial charge < -0.3 is 5.73 Å². The summed E-state index contributed by atoms with van der Waals surface area (Å²) >= 11 is 5.74. The van der Waals surface area contributed by atoms with Crippen molar-refractivity contribution in [3.05, 3.63) is 34.9 Å². The maximum absolute atomic E-state index is 10.4. The molecule has 0 aromatic heterocycles. The highest BCUT2D eigenvalue weighted by atomic mass is 35.5. The Bertz CT molecular complexity index is 286.